The lowest BCUT2D eigenvalue weighted by molar-refractivity contribution is 0.242. The Morgan fingerprint density at radius 2 is 1.88 bits per heavy atom. The molecule has 6 heteroatoms. The number of aromatic amines is 1. The number of urea groups is 1. The summed E-state index contributed by atoms with van der Waals surface area (Å²) in [6.07, 6.45) is 7.74. The second kappa shape index (κ2) is 9.39. The number of carbonyl (C=O) groups excluding carboxylic acids is 1. The standard InChI is InChI=1S/C26H32N4O2/c1-17(2)30-12-10-19(11-13-30)24-16-27-25-9-8-21(15-23(24)25)29-26(31)28-20-6-5-7-22(14-20)32-18(3)4/h5-10,12,14-19,27H,11,13H2,1-4H3,(H2,28,29,31). The molecule has 3 aromatic rings. The van der Waals surface area contributed by atoms with Crippen molar-refractivity contribution in [3.63, 3.8) is 0 Å². The normalized spacial score (nSPS) is 16.1. The Labute approximate surface area is 189 Å². The zero-order valence-electron chi connectivity index (χ0n) is 19.2. The first-order chi connectivity index (χ1) is 15.4. The van der Waals surface area contributed by atoms with Crippen LogP contribution in [-0.4, -0.2) is 34.6 Å². The van der Waals surface area contributed by atoms with Gasteiger partial charge in [-0.15, -0.1) is 0 Å². The molecule has 4 rings (SSSR count). The minimum Gasteiger partial charge on any atom is -0.491 e. The maximum Gasteiger partial charge on any atom is 0.323 e. The molecule has 0 saturated carbocycles. The quantitative estimate of drug-likeness (QED) is 0.427. The molecule has 0 saturated heterocycles. The van der Waals surface area contributed by atoms with Crippen LogP contribution in [0, 0.1) is 0 Å². The van der Waals surface area contributed by atoms with Gasteiger partial charge in [-0.2, -0.15) is 0 Å². The third-order valence-corrected chi connectivity index (χ3v) is 5.71. The number of nitrogens with zero attached hydrogens (tertiary/aromatic N) is 1. The SMILES string of the molecule is CC(C)Oc1cccc(NC(=O)Nc2ccc3[nH]cc(C4C=CN(C(C)C)CC4)c3c2)c1. The van der Waals surface area contributed by atoms with Gasteiger partial charge in [0.25, 0.3) is 0 Å². The van der Waals surface area contributed by atoms with Gasteiger partial charge >= 0.3 is 6.03 Å². The molecule has 3 N–H and O–H groups in total. The summed E-state index contributed by atoms with van der Waals surface area (Å²) in [4.78, 5) is 18.3. The topological polar surface area (TPSA) is 69.4 Å². The van der Waals surface area contributed by atoms with Gasteiger partial charge in [0.15, 0.2) is 0 Å². The van der Waals surface area contributed by atoms with E-state index in [1.54, 1.807) is 0 Å². The molecule has 168 valence electrons. The molecule has 6 nitrogen and oxygen atoms in total. The van der Waals surface area contributed by atoms with Crippen LogP contribution < -0.4 is 15.4 Å². The number of rotatable bonds is 6. The van der Waals surface area contributed by atoms with E-state index in [9.17, 15) is 4.79 Å². The van der Waals surface area contributed by atoms with Crippen LogP contribution >= 0.6 is 0 Å². The second-order valence-corrected chi connectivity index (χ2v) is 8.85. The Bertz CT molecular complexity index is 1120. The number of fused-ring (bicyclic) bond motifs is 1. The van der Waals surface area contributed by atoms with Crippen LogP contribution in [0.25, 0.3) is 10.9 Å². The molecule has 2 amide bonds. The van der Waals surface area contributed by atoms with Crippen molar-refractivity contribution in [2.24, 2.45) is 0 Å². The largest absolute Gasteiger partial charge is 0.491 e. The van der Waals surface area contributed by atoms with Crippen molar-refractivity contribution in [3.05, 3.63) is 66.5 Å². The van der Waals surface area contributed by atoms with Gasteiger partial charge in [0, 0.05) is 53.0 Å². The fourth-order valence-corrected chi connectivity index (χ4v) is 4.10. The van der Waals surface area contributed by atoms with Gasteiger partial charge in [-0.05, 0) is 76.2 Å². The lowest BCUT2D eigenvalue weighted by Gasteiger charge is -2.31. The lowest BCUT2D eigenvalue weighted by Crippen LogP contribution is -2.30. The Hall–Kier alpha value is -3.41. The molecule has 2 heterocycles. The number of benzene rings is 2. The van der Waals surface area contributed by atoms with Gasteiger partial charge < -0.3 is 25.3 Å². The third kappa shape index (κ3) is 5.07. The monoisotopic (exact) mass is 432 g/mol. The number of anilines is 2. The average Bonchev–Trinajstić information content (AvgIpc) is 3.16. The number of nitrogens with one attached hydrogen (secondary N) is 3. The fraction of sp³-hybridized carbons (Fsp3) is 0.346. The molecule has 1 aliphatic heterocycles. The number of hydrogen-bond acceptors (Lipinski definition) is 3. The van der Waals surface area contributed by atoms with Crippen LogP contribution in [0.4, 0.5) is 16.2 Å². The fourth-order valence-electron chi connectivity index (χ4n) is 4.10. The number of allylic oxidation sites excluding steroid dienone is 1. The zero-order chi connectivity index (χ0) is 22.7. The first-order valence-electron chi connectivity index (χ1n) is 11.3. The average molecular weight is 433 g/mol. The van der Waals surface area contributed by atoms with Crippen molar-refractivity contribution in [3.8, 4) is 5.75 Å². The predicted octanol–water partition coefficient (Wildman–Crippen LogP) is 6.31. The first-order valence-corrected chi connectivity index (χ1v) is 11.3. The van der Waals surface area contributed by atoms with Crippen LogP contribution in [0.3, 0.4) is 0 Å². The molecule has 1 unspecified atom stereocenters. The Morgan fingerprint density at radius 3 is 2.56 bits per heavy atom. The highest BCUT2D eigenvalue weighted by Crippen LogP contribution is 2.33. The summed E-state index contributed by atoms with van der Waals surface area (Å²) in [6, 6.07) is 13.6. The minimum atomic E-state index is -0.284. The molecular weight excluding hydrogens is 400 g/mol. The smallest absolute Gasteiger partial charge is 0.323 e. The maximum absolute atomic E-state index is 12.6. The zero-order valence-corrected chi connectivity index (χ0v) is 19.2. The highest BCUT2D eigenvalue weighted by atomic mass is 16.5. The lowest BCUT2D eigenvalue weighted by atomic mass is 9.92. The van der Waals surface area contributed by atoms with Crippen molar-refractivity contribution in [2.45, 2.75) is 52.2 Å². The summed E-state index contributed by atoms with van der Waals surface area (Å²) < 4.78 is 5.70. The minimum absolute atomic E-state index is 0.0776. The van der Waals surface area contributed by atoms with E-state index in [0.29, 0.717) is 17.6 Å². The molecule has 0 fully saturated rings. The van der Waals surface area contributed by atoms with Crippen LogP contribution in [0.15, 0.2) is 60.9 Å². The Kier molecular flexibility index (Phi) is 6.40. The number of H-pyrrole nitrogens is 1. The van der Waals surface area contributed by atoms with Crippen LogP contribution in [0.1, 0.15) is 45.6 Å². The maximum atomic E-state index is 12.6. The van der Waals surface area contributed by atoms with Crippen LogP contribution in [-0.2, 0) is 0 Å². The van der Waals surface area contributed by atoms with Crippen molar-refractivity contribution in [1.29, 1.82) is 0 Å². The Morgan fingerprint density at radius 1 is 1.09 bits per heavy atom. The molecule has 32 heavy (non-hydrogen) atoms. The predicted molar refractivity (Wildman–Crippen MR) is 131 cm³/mol. The van der Waals surface area contributed by atoms with E-state index < -0.39 is 0 Å². The highest BCUT2D eigenvalue weighted by molar-refractivity contribution is 6.01. The van der Waals surface area contributed by atoms with Crippen LogP contribution in [0.2, 0.25) is 0 Å². The number of aromatic nitrogens is 1. The number of carbonyl (C=O) groups is 1. The molecule has 1 aliphatic rings. The van der Waals surface area contributed by atoms with Crippen LogP contribution in [0.5, 0.6) is 5.75 Å². The molecule has 2 aromatic carbocycles. The van der Waals surface area contributed by atoms with E-state index >= 15 is 0 Å². The number of hydrogen-bond donors (Lipinski definition) is 3. The summed E-state index contributed by atoms with van der Waals surface area (Å²) in [7, 11) is 0. The molecular formula is C26H32N4O2. The van der Waals surface area contributed by atoms with E-state index in [1.807, 2.05) is 56.3 Å². The van der Waals surface area contributed by atoms with Crippen molar-refractivity contribution < 1.29 is 9.53 Å². The molecule has 0 bridgehead atoms. The van der Waals surface area contributed by atoms with Gasteiger partial charge in [-0.1, -0.05) is 12.1 Å². The summed E-state index contributed by atoms with van der Waals surface area (Å²) in [5.41, 5.74) is 3.78. The number of amides is 2. The second-order valence-electron chi connectivity index (χ2n) is 8.85. The van der Waals surface area contributed by atoms with Gasteiger partial charge in [0.05, 0.1) is 6.10 Å². The molecule has 1 atom stereocenters. The Balaban J connectivity index is 1.47. The highest BCUT2D eigenvalue weighted by Gasteiger charge is 2.19. The number of ether oxygens (including phenoxy) is 1. The summed E-state index contributed by atoms with van der Waals surface area (Å²) in [6.45, 7) is 9.43. The third-order valence-electron chi connectivity index (χ3n) is 5.71. The van der Waals surface area contributed by atoms with E-state index in [4.69, 9.17) is 4.74 Å². The molecule has 0 spiro atoms. The summed E-state index contributed by atoms with van der Waals surface area (Å²) in [5.74, 6) is 1.10. The summed E-state index contributed by atoms with van der Waals surface area (Å²) >= 11 is 0. The van der Waals surface area contributed by atoms with E-state index in [0.717, 1.165) is 35.3 Å². The van der Waals surface area contributed by atoms with Gasteiger partial charge in [0.2, 0.25) is 0 Å². The molecule has 0 aliphatic carbocycles. The molecule has 1 aromatic heterocycles. The first kappa shape index (κ1) is 21.8. The van der Waals surface area contributed by atoms with Gasteiger partial charge in [0.1, 0.15) is 5.75 Å². The van der Waals surface area contributed by atoms with E-state index in [1.165, 1.54) is 5.56 Å². The van der Waals surface area contributed by atoms with E-state index in [-0.39, 0.29) is 12.1 Å². The van der Waals surface area contributed by atoms with Gasteiger partial charge in [-0.25, -0.2) is 4.79 Å². The van der Waals surface area contributed by atoms with Crippen molar-refractivity contribution in [2.75, 3.05) is 17.2 Å². The van der Waals surface area contributed by atoms with Crippen molar-refractivity contribution >= 4 is 28.3 Å². The van der Waals surface area contributed by atoms with E-state index in [2.05, 4.69) is 52.8 Å². The van der Waals surface area contributed by atoms with Crippen molar-refractivity contribution in [1.82, 2.24) is 9.88 Å². The van der Waals surface area contributed by atoms with Gasteiger partial charge in [-0.3, -0.25) is 0 Å². The summed E-state index contributed by atoms with van der Waals surface area (Å²) in [5, 5.41) is 6.98. The molecule has 0 radical (unpaired) electrons.